The van der Waals surface area contributed by atoms with E-state index in [4.69, 9.17) is 38.8 Å². The van der Waals surface area contributed by atoms with Crippen LogP contribution >= 0.6 is 23.2 Å². The number of likely N-dealkylation sites (tertiary alicyclic amines) is 4. The number of esters is 2. The van der Waals surface area contributed by atoms with Crippen LogP contribution in [0.3, 0.4) is 0 Å². The summed E-state index contributed by atoms with van der Waals surface area (Å²) in [6, 6.07) is 45.3. The van der Waals surface area contributed by atoms with Crippen molar-refractivity contribution in [2.75, 3.05) is 38.7 Å². The highest BCUT2D eigenvalue weighted by Crippen LogP contribution is 2.38. The Kier molecular flexibility index (Phi) is 39.6. The van der Waals surface area contributed by atoms with Crippen LogP contribution in [0, 0.1) is 17.8 Å². The van der Waals surface area contributed by atoms with E-state index in [-0.39, 0.29) is 67.9 Å². The molecule has 5 aromatic carbocycles. The summed E-state index contributed by atoms with van der Waals surface area (Å²) in [6.45, 7) is 15.2. The lowest BCUT2D eigenvalue weighted by Gasteiger charge is -2.29. The summed E-state index contributed by atoms with van der Waals surface area (Å²) >= 11 is 10.2. The monoisotopic (exact) mass is 1590 g/mol. The molecule has 4 aliphatic heterocycles. The molecule has 602 valence electrons. The van der Waals surface area contributed by atoms with Gasteiger partial charge in [-0.25, -0.2) is 31.1 Å². The molecule has 109 heavy (non-hydrogen) atoms. The van der Waals surface area contributed by atoms with Crippen LogP contribution in [0.1, 0.15) is 165 Å². The highest BCUT2D eigenvalue weighted by atomic mass is 35.5. The van der Waals surface area contributed by atoms with E-state index < -0.39 is 109 Å². The highest BCUT2D eigenvalue weighted by Gasteiger charge is 2.51. The molecule has 4 heterocycles. The third-order valence-electron chi connectivity index (χ3n) is 18.0. The number of benzene rings is 5. The molecule has 0 spiro atoms. The molecule has 0 aromatic heterocycles. The Labute approximate surface area is 640 Å². The molecule has 4 fully saturated rings. The Bertz CT molecular complexity index is 3600. The van der Waals surface area contributed by atoms with Crippen molar-refractivity contribution in [3.8, 4) is 0 Å². The second-order valence-electron chi connectivity index (χ2n) is 26.5. The van der Waals surface area contributed by atoms with E-state index in [9.17, 15) is 92.4 Å². The molecule has 4 amide bonds. The number of aliphatic hydroxyl groups is 2. The largest absolute Gasteiger partial charge is 0.460 e. The van der Waals surface area contributed by atoms with Crippen LogP contribution in [0.2, 0.25) is 6.82 Å². The summed E-state index contributed by atoms with van der Waals surface area (Å²) in [5, 5.41) is 28.1. The van der Waals surface area contributed by atoms with E-state index in [1.165, 1.54) is 27.9 Å². The van der Waals surface area contributed by atoms with Gasteiger partial charge in [-0.15, -0.1) is 11.6 Å². The van der Waals surface area contributed by atoms with Crippen molar-refractivity contribution in [2.24, 2.45) is 23.5 Å². The lowest BCUT2D eigenvalue weighted by atomic mass is 9.86. The maximum absolute atomic E-state index is 13.7. The van der Waals surface area contributed by atoms with Gasteiger partial charge in [-0.05, 0) is 120 Å². The van der Waals surface area contributed by atoms with Crippen molar-refractivity contribution in [3.63, 3.8) is 0 Å². The number of carbonyl (C=O) groups is 8. The number of rotatable bonds is 25. The van der Waals surface area contributed by atoms with Crippen molar-refractivity contribution < 1.29 is 107 Å². The maximum atomic E-state index is 13.7. The summed E-state index contributed by atoms with van der Waals surface area (Å²) in [4.78, 5) is 98.7. The minimum absolute atomic E-state index is 0.00465. The quantitative estimate of drug-likeness (QED) is 0.00908. The number of halogens is 12. The molecule has 0 bridgehead atoms. The zero-order valence-electron chi connectivity index (χ0n) is 62.5. The number of amides is 4. The average Bonchev–Trinajstić information content (AvgIpc) is 1.70. The zero-order valence-corrected chi connectivity index (χ0v) is 64.0. The molecule has 0 saturated carbocycles. The summed E-state index contributed by atoms with van der Waals surface area (Å²) < 4.78 is 138. The molecule has 19 nitrogen and oxygen atoms in total. The second-order valence-corrected chi connectivity index (χ2v) is 27.3. The number of Topliss-reactive ketones (excluding diaryl/α,β-unsaturated/α-hetero) is 1. The van der Waals surface area contributed by atoms with Gasteiger partial charge in [0.1, 0.15) is 12.0 Å². The van der Waals surface area contributed by atoms with Gasteiger partial charge in [-0.1, -0.05) is 152 Å². The molecule has 32 heteroatoms. The van der Waals surface area contributed by atoms with Gasteiger partial charge >= 0.3 is 31.0 Å². The number of ether oxygens (including phenoxy) is 2. The first kappa shape index (κ1) is 95.2. The van der Waals surface area contributed by atoms with Gasteiger partial charge in [-0.2, -0.15) is 17.6 Å². The molecular formula is C77H99BCl2F10N6O13. The number of hydrogen-bond acceptors (Lipinski definition) is 15. The van der Waals surface area contributed by atoms with Crippen molar-refractivity contribution >= 4 is 76.8 Å². The molecule has 0 radical (unpaired) electrons. The number of nitrogens with one attached hydrogen (secondary N) is 1. The summed E-state index contributed by atoms with van der Waals surface area (Å²) in [6.07, 6.45) is -8.44. The van der Waals surface area contributed by atoms with E-state index in [0.717, 1.165) is 42.9 Å². The minimum Gasteiger partial charge on any atom is -0.460 e. The van der Waals surface area contributed by atoms with Crippen LogP contribution in [0.15, 0.2) is 152 Å². The SMILES string of the molecule is CB(O)N[C@H](C(=O)OC(C(F)F)C1CCN([C@H](C)c2ccccc2)C1=O)C(C)(F)F.CC(c1ccccc1)N1CCCC1=O.CCOC(=O)C(O)(F)F.C[C@@H](N)c1ccccc1.C[C@H](c1ccccc1)N1CCC(C(=O)C(C)(F)F)C1=O.C[C@H](c1ccccc1)N1CCC(C(O)C(C)(F)F)C1=O.O=C(Cl)CCCCl. The molecule has 4 saturated heterocycles. The number of alkyl halides is 11. The van der Waals surface area contributed by atoms with Crippen LogP contribution in [0.5, 0.6) is 0 Å². The average molecular weight is 1590 g/mol. The smallest absolute Gasteiger partial charge is 0.453 e. The predicted molar refractivity (Wildman–Crippen MR) is 393 cm³/mol. The number of hydrogen-bond donors (Lipinski definition) is 5. The minimum atomic E-state index is -4.35. The normalized spacial score (nSPS) is 18.6. The summed E-state index contributed by atoms with van der Waals surface area (Å²) in [7, 11) is -1.51. The molecular weight excluding hydrogens is 1490 g/mol. The van der Waals surface area contributed by atoms with Crippen LogP contribution in [-0.2, 0) is 47.8 Å². The lowest BCUT2D eigenvalue weighted by molar-refractivity contribution is -0.227. The van der Waals surface area contributed by atoms with Gasteiger partial charge < -0.3 is 55.3 Å². The third kappa shape index (κ3) is 31.0. The Balaban J connectivity index is 0.000000347. The Hall–Kier alpha value is -8.00. The van der Waals surface area contributed by atoms with Crippen LogP contribution < -0.4 is 11.0 Å². The van der Waals surface area contributed by atoms with Crippen molar-refractivity contribution in [2.45, 2.75) is 193 Å². The van der Waals surface area contributed by atoms with Gasteiger partial charge in [0.25, 0.3) is 18.3 Å². The third-order valence-corrected chi connectivity index (χ3v) is 18.4. The number of ketones is 1. The van der Waals surface area contributed by atoms with Crippen molar-refractivity contribution in [1.82, 2.24) is 24.8 Å². The standard InChI is InChI=1S/C19H25BF4N2O4.C15H19F2NO2.C15H17F2NO2.C12H15NO.C8H11N.C4H6Cl2O.C4H6F2O3/c1-11(12-7-5-4-6-8-12)26-10-9-13(17(26)27)14(16(21)22)30-18(28)15(19(2,23)24)25-20(3)29;2*1-10(11-6-4-3-5-7-11)18-9-8-12(14(18)20)13(19)15(2,16)17;1-10(11-6-3-2-4-7-11)13-9-5-8-12(13)14;1-7(9)8-5-3-2-4-6-8;5-3-1-2-4(6)7;1-2-9-3(7)4(5,6)8/h4-8,11,13-16,25,29H,9-10H2,1-3H3;3-7,10,12-13,19H,8-9H2,1-2H3;3-7,10,12H,8-9H2,1-2H3;2-4,6-7,10H,5,8-9H2,1H3;2-7H,9H2,1H3;1-3H2;8H,2H2,1H3/t11-,13?,14?,15-;10-,12?,13?;10-,12?;;7-;;/m111.1../s1. The van der Waals surface area contributed by atoms with Gasteiger partial charge in [0.05, 0.1) is 42.6 Å². The molecule has 4 aliphatic rings. The second kappa shape index (κ2) is 45.4. The highest BCUT2D eigenvalue weighted by molar-refractivity contribution is 6.63. The number of nitrogens with zero attached hydrogens (tertiary/aromatic N) is 4. The van der Waals surface area contributed by atoms with E-state index in [2.05, 4.69) is 23.8 Å². The fourth-order valence-corrected chi connectivity index (χ4v) is 12.2. The number of nitrogens with two attached hydrogens (primary N) is 1. The molecule has 5 aromatic rings. The first-order valence-corrected chi connectivity index (χ1v) is 36.3. The number of carbonyl (C=O) groups excluding carboxylic acids is 8. The van der Waals surface area contributed by atoms with Crippen LogP contribution in [0.4, 0.5) is 43.9 Å². The van der Waals surface area contributed by atoms with E-state index >= 15 is 0 Å². The first-order valence-electron chi connectivity index (χ1n) is 35.4. The summed E-state index contributed by atoms with van der Waals surface area (Å²) in [5.74, 6) is -19.5. The lowest BCUT2D eigenvalue weighted by Crippen LogP contribution is -2.56. The molecule has 9 rings (SSSR count). The Morgan fingerprint density at radius 2 is 0.972 bits per heavy atom. The molecule has 11 atom stereocenters. The van der Waals surface area contributed by atoms with Crippen LogP contribution in [-0.4, -0.2) is 176 Å². The molecule has 6 unspecified atom stereocenters. The van der Waals surface area contributed by atoms with Gasteiger partial charge in [0.15, 0.2) is 12.1 Å². The van der Waals surface area contributed by atoms with Crippen LogP contribution in [0.25, 0.3) is 0 Å². The zero-order chi connectivity index (χ0) is 82.3. The van der Waals surface area contributed by atoms with Gasteiger partial charge in [-0.3, -0.25) is 33.6 Å². The molecule has 0 aliphatic carbocycles. The van der Waals surface area contributed by atoms with Gasteiger partial charge in [0.2, 0.25) is 34.7 Å². The predicted octanol–water partition coefficient (Wildman–Crippen LogP) is 13.9. The van der Waals surface area contributed by atoms with Crippen molar-refractivity contribution in [1.29, 1.82) is 0 Å². The summed E-state index contributed by atoms with van der Waals surface area (Å²) in [5.41, 5.74) is 10.7. The van der Waals surface area contributed by atoms with E-state index in [0.29, 0.717) is 58.5 Å². The Morgan fingerprint density at radius 1 is 0.596 bits per heavy atom. The Morgan fingerprint density at radius 3 is 1.27 bits per heavy atom. The van der Waals surface area contributed by atoms with E-state index in [1.54, 1.807) is 42.2 Å². The number of aliphatic hydroxyl groups excluding tert-OH is 1. The topological polar surface area (TPSA) is 267 Å². The maximum Gasteiger partial charge on any atom is 0.453 e. The fraction of sp³-hybridized carbons (Fsp3) is 0.506. The van der Waals surface area contributed by atoms with E-state index in [1.807, 2.05) is 140 Å². The fourth-order valence-electron chi connectivity index (χ4n) is 11.9. The van der Waals surface area contributed by atoms with Crippen molar-refractivity contribution in [3.05, 3.63) is 179 Å². The van der Waals surface area contributed by atoms with Gasteiger partial charge in [0, 0.05) is 71.7 Å². The first-order chi connectivity index (χ1) is 50.9. The molecule has 6 N–H and O–H groups in total.